The normalized spacial score (nSPS) is 10.8. The molecular formula is C11H8F3NO3. The first-order valence-corrected chi connectivity index (χ1v) is 4.84. The van der Waals surface area contributed by atoms with E-state index >= 15 is 0 Å². The Hall–Kier alpha value is -2.23. The Bertz CT molecular complexity index is 517. The van der Waals surface area contributed by atoms with Crippen molar-refractivity contribution in [3.05, 3.63) is 28.8 Å². The average molecular weight is 259 g/mol. The molecule has 1 aromatic carbocycles. The van der Waals surface area contributed by atoms with E-state index < -0.39 is 23.6 Å². The topological polar surface area (TPSA) is 70.3 Å². The Morgan fingerprint density at radius 1 is 1.50 bits per heavy atom. The number of nitriles is 1. The van der Waals surface area contributed by atoms with Crippen LogP contribution in [0.15, 0.2) is 12.1 Å². The molecule has 0 aliphatic heterocycles. The molecule has 96 valence electrons. The number of halogens is 3. The van der Waals surface area contributed by atoms with E-state index in [-0.39, 0.29) is 5.56 Å². The smallest absolute Gasteiger partial charge is 0.478 e. The molecule has 0 heterocycles. The lowest BCUT2D eigenvalue weighted by Crippen LogP contribution is -2.20. The van der Waals surface area contributed by atoms with E-state index in [1.807, 2.05) is 0 Å². The van der Waals surface area contributed by atoms with E-state index in [4.69, 9.17) is 10.4 Å². The van der Waals surface area contributed by atoms with Crippen LogP contribution in [-0.2, 0) is 6.42 Å². The maximum atomic E-state index is 12.2. The van der Waals surface area contributed by atoms with Crippen LogP contribution >= 0.6 is 0 Å². The molecule has 0 fully saturated rings. The van der Waals surface area contributed by atoms with Gasteiger partial charge in [-0.3, -0.25) is 0 Å². The van der Waals surface area contributed by atoms with Crippen molar-refractivity contribution in [1.82, 2.24) is 0 Å². The molecule has 0 amide bonds. The van der Waals surface area contributed by atoms with Crippen molar-refractivity contribution in [2.75, 3.05) is 0 Å². The molecule has 4 nitrogen and oxygen atoms in total. The summed E-state index contributed by atoms with van der Waals surface area (Å²) in [5.41, 5.74) is -0.760. The summed E-state index contributed by atoms with van der Waals surface area (Å²) in [5, 5.41) is 17.6. The van der Waals surface area contributed by atoms with Gasteiger partial charge in [0.25, 0.3) is 0 Å². The minimum atomic E-state index is -5.01. The van der Waals surface area contributed by atoms with E-state index in [1.165, 1.54) is 6.07 Å². The van der Waals surface area contributed by atoms with E-state index in [2.05, 4.69) is 4.74 Å². The Morgan fingerprint density at radius 3 is 2.50 bits per heavy atom. The molecule has 0 saturated heterocycles. The van der Waals surface area contributed by atoms with Crippen LogP contribution in [0.5, 0.6) is 5.75 Å². The molecule has 0 radical (unpaired) electrons. The third kappa shape index (κ3) is 3.13. The van der Waals surface area contributed by atoms with Gasteiger partial charge in [0.2, 0.25) is 0 Å². The lowest BCUT2D eigenvalue weighted by molar-refractivity contribution is -0.274. The number of hydrogen-bond acceptors (Lipinski definition) is 3. The molecule has 0 aromatic heterocycles. The minimum Gasteiger partial charge on any atom is -0.478 e. The van der Waals surface area contributed by atoms with Crippen molar-refractivity contribution in [3.63, 3.8) is 0 Å². The number of rotatable bonds is 3. The summed E-state index contributed by atoms with van der Waals surface area (Å²) in [4.78, 5) is 10.9. The number of nitrogens with zero attached hydrogens (tertiary/aromatic N) is 1. The second-order valence-corrected chi connectivity index (χ2v) is 3.33. The maximum Gasteiger partial charge on any atom is 0.573 e. The number of hydrogen-bond donors (Lipinski definition) is 1. The first-order chi connectivity index (χ1) is 8.28. The minimum absolute atomic E-state index is 0.350. The van der Waals surface area contributed by atoms with Gasteiger partial charge in [-0.1, -0.05) is 6.92 Å². The quantitative estimate of drug-likeness (QED) is 0.905. The summed E-state index contributed by atoms with van der Waals surface area (Å²) in [6.45, 7) is 1.66. The van der Waals surface area contributed by atoms with Crippen LogP contribution in [0.25, 0.3) is 0 Å². The number of carboxylic acids is 1. The molecule has 0 aliphatic rings. The standard InChI is InChI=1S/C11H8F3NO3/c1-2-6-3-7(5-15)9(10(16)17)8(4-6)18-11(12,13)14/h3-4H,2H2,1H3,(H,16,17). The summed E-state index contributed by atoms with van der Waals surface area (Å²) in [7, 11) is 0. The van der Waals surface area contributed by atoms with Crippen molar-refractivity contribution in [2.45, 2.75) is 19.7 Å². The first-order valence-electron chi connectivity index (χ1n) is 4.84. The van der Waals surface area contributed by atoms with Gasteiger partial charge in [-0.05, 0) is 24.1 Å². The number of benzene rings is 1. The van der Waals surface area contributed by atoms with Crippen LogP contribution in [0.3, 0.4) is 0 Å². The van der Waals surface area contributed by atoms with E-state index in [1.54, 1.807) is 13.0 Å². The molecule has 0 spiro atoms. The summed E-state index contributed by atoms with van der Waals surface area (Å²) in [5.74, 6) is -2.51. The van der Waals surface area contributed by atoms with Crippen LogP contribution in [-0.4, -0.2) is 17.4 Å². The highest BCUT2D eigenvalue weighted by Crippen LogP contribution is 2.30. The van der Waals surface area contributed by atoms with Crippen LogP contribution in [0, 0.1) is 11.3 Å². The molecule has 0 bridgehead atoms. The van der Waals surface area contributed by atoms with Gasteiger partial charge in [-0.15, -0.1) is 13.2 Å². The fourth-order valence-electron chi connectivity index (χ4n) is 1.39. The first kappa shape index (κ1) is 13.8. The van der Waals surface area contributed by atoms with Gasteiger partial charge in [0, 0.05) is 0 Å². The third-order valence-electron chi connectivity index (χ3n) is 2.13. The SMILES string of the molecule is CCc1cc(C#N)c(C(=O)O)c(OC(F)(F)F)c1. The molecule has 1 rings (SSSR count). The fraction of sp³-hybridized carbons (Fsp3) is 0.273. The average Bonchev–Trinajstić information content (AvgIpc) is 2.25. The molecule has 18 heavy (non-hydrogen) atoms. The van der Waals surface area contributed by atoms with E-state index in [0.717, 1.165) is 6.07 Å². The van der Waals surface area contributed by atoms with Crippen molar-refractivity contribution < 1.29 is 27.8 Å². The van der Waals surface area contributed by atoms with Crippen molar-refractivity contribution in [3.8, 4) is 11.8 Å². The Labute approximate surface area is 100 Å². The van der Waals surface area contributed by atoms with Crippen molar-refractivity contribution in [2.24, 2.45) is 0 Å². The molecule has 0 saturated carbocycles. The Morgan fingerprint density at radius 2 is 2.11 bits per heavy atom. The number of alkyl halides is 3. The monoisotopic (exact) mass is 259 g/mol. The predicted octanol–water partition coefficient (Wildman–Crippen LogP) is 2.72. The van der Waals surface area contributed by atoms with Gasteiger partial charge in [0.15, 0.2) is 0 Å². The highest BCUT2D eigenvalue weighted by atomic mass is 19.4. The van der Waals surface area contributed by atoms with Gasteiger partial charge in [0.05, 0.1) is 5.56 Å². The van der Waals surface area contributed by atoms with Crippen molar-refractivity contribution >= 4 is 5.97 Å². The van der Waals surface area contributed by atoms with Gasteiger partial charge < -0.3 is 9.84 Å². The van der Waals surface area contributed by atoms with Crippen LogP contribution < -0.4 is 4.74 Å². The molecule has 0 unspecified atom stereocenters. The predicted molar refractivity (Wildman–Crippen MR) is 54.2 cm³/mol. The van der Waals surface area contributed by atoms with Gasteiger partial charge in [0.1, 0.15) is 17.4 Å². The number of aromatic carboxylic acids is 1. The number of carboxylic acid groups (broad SMARTS) is 1. The fourth-order valence-corrected chi connectivity index (χ4v) is 1.39. The van der Waals surface area contributed by atoms with Crippen LogP contribution in [0.4, 0.5) is 13.2 Å². The summed E-state index contributed by atoms with van der Waals surface area (Å²) in [6.07, 6.45) is -4.66. The highest BCUT2D eigenvalue weighted by molar-refractivity contribution is 5.94. The van der Waals surface area contributed by atoms with E-state index in [9.17, 15) is 18.0 Å². The number of carbonyl (C=O) groups is 1. The lowest BCUT2D eigenvalue weighted by Gasteiger charge is -2.13. The zero-order valence-electron chi connectivity index (χ0n) is 9.21. The van der Waals surface area contributed by atoms with Crippen LogP contribution in [0.2, 0.25) is 0 Å². The summed E-state index contributed by atoms with van der Waals surface area (Å²) >= 11 is 0. The van der Waals surface area contributed by atoms with Crippen LogP contribution in [0.1, 0.15) is 28.4 Å². The summed E-state index contributed by atoms with van der Waals surface area (Å²) in [6, 6.07) is 3.75. The lowest BCUT2D eigenvalue weighted by atomic mass is 10.0. The zero-order valence-corrected chi connectivity index (χ0v) is 9.21. The largest absolute Gasteiger partial charge is 0.573 e. The highest BCUT2D eigenvalue weighted by Gasteiger charge is 2.34. The molecule has 0 atom stereocenters. The molecule has 7 heteroatoms. The second kappa shape index (κ2) is 4.96. The molecular weight excluding hydrogens is 251 g/mol. The molecule has 0 aliphatic carbocycles. The molecule has 1 N–H and O–H groups in total. The molecule has 1 aromatic rings. The Balaban J connectivity index is 3.45. The summed E-state index contributed by atoms with van der Waals surface area (Å²) < 4.78 is 40.1. The van der Waals surface area contributed by atoms with E-state index in [0.29, 0.717) is 12.0 Å². The second-order valence-electron chi connectivity index (χ2n) is 3.33. The maximum absolute atomic E-state index is 12.2. The number of ether oxygens (including phenoxy) is 1. The van der Waals surface area contributed by atoms with Crippen molar-refractivity contribution in [1.29, 1.82) is 5.26 Å². The zero-order chi connectivity index (χ0) is 13.9. The van der Waals surface area contributed by atoms with Gasteiger partial charge >= 0.3 is 12.3 Å². The third-order valence-corrected chi connectivity index (χ3v) is 2.13. The van der Waals surface area contributed by atoms with Gasteiger partial charge in [-0.25, -0.2) is 4.79 Å². The van der Waals surface area contributed by atoms with Gasteiger partial charge in [-0.2, -0.15) is 5.26 Å². The Kier molecular flexibility index (Phi) is 3.81. The number of aryl methyl sites for hydroxylation is 1.